The molecule has 0 unspecified atom stereocenters. The maximum Gasteiger partial charge on any atom is 0.135 e. The number of nitrogens with zero attached hydrogens (tertiary/aromatic N) is 2. The second kappa shape index (κ2) is 10.2. The van der Waals surface area contributed by atoms with Crippen molar-refractivity contribution in [3.05, 3.63) is 60.9 Å². The first-order valence-electron chi connectivity index (χ1n) is 8.56. The molecule has 0 aliphatic rings. The molecule has 0 saturated carbocycles. The van der Waals surface area contributed by atoms with Crippen LogP contribution in [0.1, 0.15) is 6.92 Å². The third kappa shape index (κ3) is 6.14. The van der Waals surface area contributed by atoms with E-state index in [-0.39, 0.29) is 0 Å². The molecule has 8 heteroatoms. The Morgan fingerprint density at radius 3 is 1.96 bits per heavy atom. The summed E-state index contributed by atoms with van der Waals surface area (Å²) in [5.41, 5.74) is 1.96. The third-order valence-corrected chi connectivity index (χ3v) is 5.05. The van der Waals surface area contributed by atoms with Gasteiger partial charge in [0.05, 0.1) is 0 Å². The van der Waals surface area contributed by atoms with Gasteiger partial charge in [-0.1, -0.05) is 19.1 Å². The van der Waals surface area contributed by atoms with Crippen molar-refractivity contribution in [2.45, 2.75) is 16.7 Å². The van der Waals surface area contributed by atoms with Crippen molar-refractivity contribution >= 4 is 46.9 Å². The van der Waals surface area contributed by atoms with Crippen molar-refractivity contribution < 1.29 is 0 Å². The summed E-state index contributed by atoms with van der Waals surface area (Å²) < 4.78 is 6.33. The van der Waals surface area contributed by atoms with Gasteiger partial charge >= 0.3 is 0 Å². The third-order valence-electron chi connectivity index (χ3n) is 3.43. The zero-order valence-corrected chi connectivity index (χ0v) is 16.8. The van der Waals surface area contributed by atoms with E-state index in [1.165, 1.54) is 0 Å². The molecular weight excluding hydrogens is 376 g/mol. The van der Waals surface area contributed by atoms with Crippen molar-refractivity contribution in [2.24, 2.45) is 0 Å². The zero-order chi connectivity index (χ0) is 18.9. The smallest absolute Gasteiger partial charge is 0.135 e. The van der Waals surface area contributed by atoms with E-state index >= 15 is 0 Å². The van der Waals surface area contributed by atoms with E-state index in [2.05, 4.69) is 61.2 Å². The van der Waals surface area contributed by atoms with Gasteiger partial charge in [-0.25, -0.2) is 9.97 Å². The van der Waals surface area contributed by atoms with Crippen LogP contribution in [0.3, 0.4) is 0 Å². The molecule has 3 aromatic rings. The van der Waals surface area contributed by atoms with E-state index in [9.17, 15) is 0 Å². The number of aromatic nitrogens is 2. The molecule has 0 atom stereocenters. The van der Waals surface area contributed by atoms with Gasteiger partial charge in [0.25, 0.3) is 0 Å². The van der Waals surface area contributed by atoms with Crippen molar-refractivity contribution in [3.8, 4) is 0 Å². The molecule has 0 bridgehead atoms. The number of anilines is 4. The van der Waals surface area contributed by atoms with Gasteiger partial charge in [0.2, 0.25) is 0 Å². The van der Waals surface area contributed by atoms with Crippen LogP contribution < -0.4 is 20.1 Å². The molecule has 0 aliphatic heterocycles. The largest absolute Gasteiger partial charge is 0.340 e. The first-order valence-corrected chi connectivity index (χ1v) is 10.2. The lowest BCUT2D eigenvalue weighted by atomic mass is 10.3. The summed E-state index contributed by atoms with van der Waals surface area (Å²) in [6.07, 6.45) is 1.55. The molecule has 4 N–H and O–H groups in total. The average molecular weight is 399 g/mol. The maximum absolute atomic E-state index is 4.32. The SMILES string of the molecule is CCNSc1cccc(Nc2cc(Nc3cccc(SNC)c3)ncn2)c1. The molecule has 0 saturated heterocycles. The van der Waals surface area contributed by atoms with Gasteiger partial charge in [-0.15, -0.1) is 0 Å². The highest BCUT2D eigenvalue weighted by Crippen LogP contribution is 2.24. The van der Waals surface area contributed by atoms with Gasteiger partial charge in [0.1, 0.15) is 18.0 Å². The zero-order valence-electron chi connectivity index (χ0n) is 15.2. The lowest BCUT2D eigenvalue weighted by molar-refractivity contribution is 1.03. The molecular formula is C19H22N6S2. The van der Waals surface area contributed by atoms with E-state index < -0.39 is 0 Å². The molecule has 1 heterocycles. The second-order valence-corrected chi connectivity index (χ2v) is 7.55. The van der Waals surface area contributed by atoms with Gasteiger partial charge < -0.3 is 10.6 Å². The molecule has 0 fully saturated rings. The van der Waals surface area contributed by atoms with Crippen LogP contribution in [-0.2, 0) is 0 Å². The number of rotatable bonds is 9. The van der Waals surface area contributed by atoms with Crippen molar-refractivity contribution in [2.75, 3.05) is 24.2 Å². The summed E-state index contributed by atoms with van der Waals surface area (Å²) in [6, 6.07) is 18.2. The highest BCUT2D eigenvalue weighted by Gasteiger charge is 2.03. The Bertz CT molecular complexity index is 874. The molecule has 0 amide bonds. The van der Waals surface area contributed by atoms with Crippen molar-refractivity contribution in [1.82, 2.24) is 19.4 Å². The standard InChI is InChI=1S/C19H22N6S2/c1-3-23-27-17-9-5-7-15(11-17)25-19-12-18(21-13-22-19)24-14-6-4-8-16(10-14)26-20-2/h4-13,20,23H,3H2,1-2H3,(H2,21,22,24,25). The second-order valence-electron chi connectivity index (χ2n) is 5.50. The summed E-state index contributed by atoms with van der Waals surface area (Å²) >= 11 is 3.18. The summed E-state index contributed by atoms with van der Waals surface area (Å²) in [5.74, 6) is 1.47. The van der Waals surface area contributed by atoms with E-state index in [4.69, 9.17) is 0 Å². The molecule has 1 aromatic heterocycles. The fourth-order valence-electron chi connectivity index (χ4n) is 2.34. The minimum absolute atomic E-state index is 0.734. The quantitative estimate of drug-likeness (QED) is 0.383. The van der Waals surface area contributed by atoms with Gasteiger partial charge in [-0.3, -0.25) is 9.44 Å². The monoisotopic (exact) mass is 398 g/mol. The summed E-state index contributed by atoms with van der Waals surface area (Å²) in [6.45, 7) is 2.99. The number of benzene rings is 2. The minimum Gasteiger partial charge on any atom is -0.340 e. The predicted molar refractivity (Wildman–Crippen MR) is 116 cm³/mol. The highest BCUT2D eigenvalue weighted by molar-refractivity contribution is 7.97. The first-order chi connectivity index (χ1) is 13.3. The molecule has 0 radical (unpaired) electrons. The number of hydrogen-bond acceptors (Lipinski definition) is 8. The van der Waals surface area contributed by atoms with Crippen LogP contribution >= 0.6 is 23.9 Å². The first kappa shape index (κ1) is 19.5. The maximum atomic E-state index is 4.32. The van der Waals surface area contributed by atoms with Gasteiger partial charge in [-0.05, 0) is 67.3 Å². The molecule has 0 aliphatic carbocycles. The van der Waals surface area contributed by atoms with Gasteiger partial charge in [-0.2, -0.15) is 0 Å². The number of hydrogen-bond donors (Lipinski definition) is 4. The Labute approximate surface area is 168 Å². The van der Waals surface area contributed by atoms with E-state index in [1.54, 1.807) is 30.2 Å². The van der Waals surface area contributed by atoms with Crippen LogP contribution in [0.2, 0.25) is 0 Å². The summed E-state index contributed by atoms with van der Waals surface area (Å²) in [5, 5.41) is 6.65. The Morgan fingerprint density at radius 2 is 1.41 bits per heavy atom. The van der Waals surface area contributed by atoms with Crippen LogP contribution in [0.4, 0.5) is 23.0 Å². The highest BCUT2D eigenvalue weighted by atomic mass is 32.2. The topological polar surface area (TPSA) is 73.9 Å². The normalized spacial score (nSPS) is 10.6. The van der Waals surface area contributed by atoms with Gasteiger partial charge in [0.15, 0.2) is 0 Å². The van der Waals surface area contributed by atoms with Crippen LogP contribution in [0.15, 0.2) is 70.7 Å². The van der Waals surface area contributed by atoms with E-state index in [0.29, 0.717) is 0 Å². The molecule has 3 rings (SSSR count). The Morgan fingerprint density at radius 1 is 0.815 bits per heavy atom. The number of nitrogens with one attached hydrogen (secondary N) is 4. The Balaban J connectivity index is 1.69. The molecule has 27 heavy (non-hydrogen) atoms. The van der Waals surface area contributed by atoms with Crippen LogP contribution in [0, 0.1) is 0 Å². The average Bonchev–Trinajstić information content (AvgIpc) is 2.68. The van der Waals surface area contributed by atoms with Crippen LogP contribution in [0.25, 0.3) is 0 Å². The van der Waals surface area contributed by atoms with Crippen molar-refractivity contribution in [3.63, 3.8) is 0 Å². The summed E-state index contributed by atoms with van der Waals surface area (Å²) in [4.78, 5) is 10.9. The Kier molecular flexibility index (Phi) is 7.35. The van der Waals surface area contributed by atoms with Gasteiger partial charge in [0, 0.05) is 33.8 Å². The molecule has 6 nitrogen and oxygen atoms in total. The van der Waals surface area contributed by atoms with E-state index in [0.717, 1.165) is 39.3 Å². The van der Waals surface area contributed by atoms with Crippen LogP contribution in [-0.4, -0.2) is 23.6 Å². The van der Waals surface area contributed by atoms with Crippen molar-refractivity contribution in [1.29, 1.82) is 0 Å². The summed E-state index contributed by atoms with van der Waals surface area (Å²) in [7, 11) is 1.90. The molecule has 0 spiro atoms. The minimum atomic E-state index is 0.734. The Hall–Kier alpha value is -2.26. The lowest BCUT2D eigenvalue weighted by Gasteiger charge is -2.10. The molecule has 2 aromatic carbocycles. The fourth-order valence-corrected chi connectivity index (χ4v) is 3.55. The van der Waals surface area contributed by atoms with E-state index in [1.807, 2.05) is 37.4 Å². The lowest BCUT2D eigenvalue weighted by Crippen LogP contribution is -2.01. The molecule has 140 valence electrons. The fraction of sp³-hybridized carbons (Fsp3) is 0.158. The van der Waals surface area contributed by atoms with Crippen LogP contribution in [0.5, 0.6) is 0 Å². The predicted octanol–water partition coefficient (Wildman–Crippen LogP) is 4.81.